The molecule has 1 saturated heterocycles. The summed E-state index contributed by atoms with van der Waals surface area (Å²) < 4.78 is 37.5. The Labute approximate surface area is 174 Å². The van der Waals surface area contributed by atoms with Crippen LogP contribution in [0.1, 0.15) is 31.4 Å². The van der Waals surface area contributed by atoms with E-state index in [1.165, 1.54) is 41.4 Å². The van der Waals surface area contributed by atoms with Crippen LogP contribution in [0.4, 0.5) is 23.7 Å². The van der Waals surface area contributed by atoms with Gasteiger partial charge in [-0.3, -0.25) is 9.78 Å². The van der Waals surface area contributed by atoms with E-state index in [4.69, 9.17) is 0 Å². The van der Waals surface area contributed by atoms with Gasteiger partial charge in [-0.2, -0.15) is 13.2 Å². The largest absolute Gasteiger partial charge is 0.446 e. The number of aromatic nitrogens is 1. The Balaban J connectivity index is 1.86. The Hall–Kier alpha value is -2.63. The molecule has 160 valence electrons. The molecule has 0 bridgehead atoms. The molecule has 11 heteroatoms. The van der Waals surface area contributed by atoms with Gasteiger partial charge in [-0.1, -0.05) is 0 Å². The fraction of sp³-hybridized carbons (Fsp3) is 0.316. The highest BCUT2D eigenvalue weighted by atomic mass is 32.2. The molecule has 0 atom stereocenters. The predicted molar refractivity (Wildman–Crippen MR) is 102 cm³/mol. The molecule has 0 aliphatic carbocycles. The van der Waals surface area contributed by atoms with Crippen molar-refractivity contribution in [1.82, 2.24) is 9.88 Å². The maximum atomic E-state index is 13.0. The van der Waals surface area contributed by atoms with Crippen LogP contribution in [0.2, 0.25) is 0 Å². The van der Waals surface area contributed by atoms with Crippen molar-refractivity contribution >= 4 is 29.4 Å². The first-order valence-electron chi connectivity index (χ1n) is 8.73. The summed E-state index contributed by atoms with van der Waals surface area (Å²) in [5.41, 5.74) is -4.98. The zero-order valence-corrected chi connectivity index (χ0v) is 16.7. The Kier molecular flexibility index (Phi) is 5.81. The van der Waals surface area contributed by atoms with Crippen LogP contribution < -0.4 is 4.90 Å². The van der Waals surface area contributed by atoms with Gasteiger partial charge in [0.15, 0.2) is 6.29 Å². The van der Waals surface area contributed by atoms with E-state index in [1.807, 2.05) is 0 Å². The average Bonchev–Trinajstić information content (AvgIpc) is 2.81. The number of pyridine rings is 1. The second kappa shape index (κ2) is 7.89. The summed E-state index contributed by atoms with van der Waals surface area (Å²) in [7, 11) is 0. The second-order valence-electron chi connectivity index (χ2n) is 7.07. The van der Waals surface area contributed by atoms with Crippen molar-refractivity contribution in [2.45, 2.75) is 42.6 Å². The lowest BCUT2D eigenvalue weighted by Gasteiger charge is -2.27. The van der Waals surface area contributed by atoms with Crippen molar-refractivity contribution < 1.29 is 33.0 Å². The molecule has 3 rings (SSSR count). The summed E-state index contributed by atoms with van der Waals surface area (Å²) in [6.07, 6.45) is -0.424. The minimum absolute atomic E-state index is 0.00166. The number of halogens is 3. The SMILES string of the molecule is CC1(C)C(=O)N(c2ccc(SC(F)(F)F)cc2)C(=O)N1Cc1ccnc(C(O)O)c1. The summed E-state index contributed by atoms with van der Waals surface area (Å²) in [5.74, 6) is -0.528. The van der Waals surface area contributed by atoms with E-state index < -0.39 is 29.3 Å². The topological polar surface area (TPSA) is 94.0 Å². The molecule has 2 N–H and O–H groups in total. The number of imide groups is 1. The van der Waals surface area contributed by atoms with Crippen molar-refractivity contribution in [3.05, 3.63) is 53.9 Å². The molecule has 1 aromatic heterocycles. The standard InChI is InChI=1S/C19H18F3N3O4S/c1-18(2)16(28)25(12-3-5-13(6-4-12)30-19(20,21)22)17(29)24(18)10-11-7-8-23-14(9-11)15(26)27/h3-9,15,26-27H,10H2,1-2H3. The van der Waals surface area contributed by atoms with E-state index in [0.29, 0.717) is 5.56 Å². The molecule has 0 radical (unpaired) electrons. The molecule has 1 aromatic carbocycles. The molecule has 1 fully saturated rings. The van der Waals surface area contributed by atoms with Crippen LogP contribution in [0, 0.1) is 0 Å². The lowest BCUT2D eigenvalue weighted by Crippen LogP contribution is -2.43. The van der Waals surface area contributed by atoms with Crippen molar-refractivity contribution in [3.8, 4) is 0 Å². The van der Waals surface area contributed by atoms with E-state index >= 15 is 0 Å². The first kappa shape index (κ1) is 22.1. The average molecular weight is 441 g/mol. The molecule has 1 aliphatic rings. The molecule has 0 saturated carbocycles. The number of thioether (sulfide) groups is 1. The third kappa shape index (κ3) is 4.42. The zero-order valence-electron chi connectivity index (χ0n) is 15.9. The third-order valence-electron chi connectivity index (χ3n) is 4.60. The Morgan fingerprint density at radius 3 is 2.33 bits per heavy atom. The molecule has 30 heavy (non-hydrogen) atoms. The number of carbonyl (C=O) groups excluding carboxylic acids is 2. The highest BCUT2D eigenvalue weighted by Gasteiger charge is 2.51. The third-order valence-corrected chi connectivity index (χ3v) is 5.34. The summed E-state index contributed by atoms with van der Waals surface area (Å²) in [4.78, 5) is 31.9. The fourth-order valence-corrected chi connectivity index (χ4v) is 3.58. The van der Waals surface area contributed by atoms with Crippen LogP contribution in [-0.4, -0.2) is 43.1 Å². The van der Waals surface area contributed by atoms with Crippen molar-refractivity contribution in [1.29, 1.82) is 0 Å². The number of amides is 3. The molecule has 2 heterocycles. The van der Waals surface area contributed by atoms with Gasteiger partial charge >= 0.3 is 11.5 Å². The van der Waals surface area contributed by atoms with Crippen LogP contribution in [0.15, 0.2) is 47.5 Å². The number of carbonyl (C=O) groups is 2. The molecule has 0 spiro atoms. The fourth-order valence-electron chi connectivity index (χ4n) is 3.04. The summed E-state index contributed by atoms with van der Waals surface area (Å²) >= 11 is -0.286. The van der Waals surface area contributed by atoms with Crippen molar-refractivity contribution in [3.63, 3.8) is 0 Å². The maximum absolute atomic E-state index is 13.0. The van der Waals surface area contributed by atoms with Gasteiger partial charge in [0.1, 0.15) is 5.54 Å². The van der Waals surface area contributed by atoms with Gasteiger partial charge in [-0.15, -0.1) is 0 Å². The summed E-state index contributed by atoms with van der Waals surface area (Å²) in [6.45, 7) is 3.12. The van der Waals surface area contributed by atoms with Gasteiger partial charge in [-0.25, -0.2) is 9.69 Å². The smallest absolute Gasteiger partial charge is 0.363 e. The molecule has 1 aliphatic heterocycles. The second-order valence-corrected chi connectivity index (χ2v) is 8.21. The van der Waals surface area contributed by atoms with E-state index in [1.54, 1.807) is 19.9 Å². The molecule has 2 aromatic rings. The number of anilines is 1. The Morgan fingerprint density at radius 2 is 1.77 bits per heavy atom. The number of aliphatic hydroxyl groups is 2. The van der Waals surface area contributed by atoms with E-state index in [0.717, 1.165) is 4.90 Å². The minimum atomic E-state index is -4.44. The van der Waals surface area contributed by atoms with Gasteiger partial charge in [0.25, 0.3) is 5.91 Å². The van der Waals surface area contributed by atoms with Gasteiger partial charge in [-0.05, 0) is 67.6 Å². The normalized spacial score (nSPS) is 16.7. The predicted octanol–water partition coefficient (Wildman–Crippen LogP) is 3.42. The molecule has 3 amide bonds. The first-order chi connectivity index (χ1) is 13.9. The quantitative estimate of drug-likeness (QED) is 0.420. The number of nitrogens with zero attached hydrogens (tertiary/aromatic N) is 3. The summed E-state index contributed by atoms with van der Waals surface area (Å²) in [6, 6.07) is 7.31. The number of hydrogen-bond donors (Lipinski definition) is 2. The van der Waals surface area contributed by atoms with E-state index in [-0.39, 0.29) is 34.6 Å². The number of benzene rings is 1. The molecule has 0 unspecified atom stereocenters. The number of aliphatic hydroxyl groups excluding tert-OH is 1. The van der Waals surface area contributed by atoms with E-state index in [9.17, 15) is 33.0 Å². The molecular formula is C19H18F3N3O4S. The van der Waals surface area contributed by atoms with Crippen LogP contribution in [0.5, 0.6) is 0 Å². The minimum Gasteiger partial charge on any atom is -0.363 e. The van der Waals surface area contributed by atoms with Crippen LogP contribution in [0.25, 0.3) is 0 Å². The van der Waals surface area contributed by atoms with Gasteiger partial charge in [0.2, 0.25) is 0 Å². The number of urea groups is 1. The van der Waals surface area contributed by atoms with Gasteiger partial charge < -0.3 is 15.1 Å². The van der Waals surface area contributed by atoms with E-state index in [2.05, 4.69) is 4.98 Å². The maximum Gasteiger partial charge on any atom is 0.446 e. The lowest BCUT2D eigenvalue weighted by atomic mass is 10.0. The number of hydrogen-bond acceptors (Lipinski definition) is 6. The zero-order chi connectivity index (χ0) is 22.3. The highest BCUT2D eigenvalue weighted by molar-refractivity contribution is 8.00. The Bertz CT molecular complexity index is 964. The number of alkyl halides is 3. The molecule has 7 nitrogen and oxygen atoms in total. The van der Waals surface area contributed by atoms with Crippen LogP contribution in [0.3, 0.4) is 0 Å². The first-order valence-corrected chi connectivity index (χ1v) is 9.55. The Morgan fingerprint density at radius 1 is 1.13 bits per heavy atom. The van der Waals surface area contributed by atoms with Gasteiger partial charge in [0.05, 0.1) is 11.4 Å². The van der Waals surface area contributed by atoms with Crippen molar-refractivity contribution in [2.75, 3.05) is 4.90 Å². The van der Waals surface area contributed by atoms with Gasteiger partial charge in [0, 0.05) is 17.6 Å². The summed E-state index contributed by atoms with van der Waals surface area (Å²) in [5, 5.41) is 18.5. The molecular weight excluding hydrogens is 423 g/mol. The highest BCUT2D eigenvalue weighted by Crippen LogP contribution is 2.38. The van der Waals surface area contributed by atoms with Crippen LogP contribution >= 0.6 is 11.8 Å². The lowest BCUT2D eigenvalue weighted by molar-refractivity contribution is -0.123. The monoisotopic (exact) mass is 441 g/mol. The number of rotatable bonds is 5. The van der Waals surface area contributed by atoms with Crippen LogP contribution in [-0.2, 0) is 11.3 Å². The van der Waals surface area contributed by atoms with Crippen molar-refractivity contribution in [2.24, 2.45) is 0 Å².